The molecular weight excluding hydrogens is 248 g/mol. The average Bonchev–Trinajstić information content (AvgIpc) is 2.35. The SMILES string of the molecule is C=C(C)Cc1ccc2c(CC(=C)C)c(O)ccc2c1O. The van der Waals surface area contributed by atoms with Crippen LogP contribution in [0.15, 0.2) is 48.6 Å². The molecule has 0 aromatic heterocycles. The van der Waals surface area contributed by atoms with Gasteiger partial charge in [0, 0.05) is 10.9 Å². The molecule has 2 N–H and O–H groups in total. The van der Waals surface area contributed by atoms with Gasteiger partial charge in [-0.2, -0.15) is 0 Å². The van der Waals surface area contributed by atoms with E-state index in [4.69, 9.17) is 0 Å². The van der Waals surface area contributed by atoms with Crippen molar-refractivity contribution in [1.29, 1.82) is 0 Å². The highest BCUT2D eigenvalue weighted by Crippen LogP contribution is 2.36. The van der Waals surface area contributed by atoms with Crippen molar-refractivity contribution < 1.29 is 10.2 Å². The minimum Gasteiger partial charge on any atom is -0.508 e. The smallest absolute Gasteiger partial charge is 0.126 e. The summed E-state index contributed by atoms with van der Waals surface area (Å²) in [6.45, 7) is 11.6. The molecule has 0 aliphatic carbocycles. The molecule has 0 spiro atoms. The summed E-state index contributed by atoms with van der Waals surface area (Å²) >= 11 is 0. The van der Waals surface area contributed by atoms with E-state index in [2.05, 4.69) is 13.2 Å². The maximum Gasteiger partial charge on any atom is 0.126 e. The molecule has 0 fully saturated rings. The first-order chi connectivity index (χ1) is 9.40. The highest BCUT2D eigenvalue weighted by atomic mass is 16.3. The Morgan fingerprint density at radius 2 is 1.50 bits per heavy atom. The number of hydrogen-bond acceptors (Lipinski definition) is 2. The third kappa shape index (κ3) is 2.69. The van der Waals surface area contributed by atoms with Crippen molar-refractivity contribution in [1.82, 2.24) is 0 Å². The van der Waals surface area contributed by atoms with Crippen molar-refractivity contribution in [2.75, 3.05) is 0 Å². The lowest BCUT2D eigenvalue weighted by molar-refractivity contribution is 0.469. The Balaban J connectivity index is 2.66. The summed E-state index contributed by atoms with van der Waals surface area (Å²) in [5, 5.41) is 22.1. The van der Waals surface area contributed by atoms with E-state index in [-0.39, 0.29) is 11.5 Å². The first-order valence-corrected chi connectivity index (χ1v) is 6.64. The Kier molecular flexibility index (Phi) is 3.84. The Labute approximate surface area is 119 Å². The number of aromatic hydroxyl groups is 2. The molecule has 2 heteroatoms. The van der Waals surface area contributed by atoms with Crippen LogP contribution < -0.4 is 0 Å². The van der Waals surface area contributed by atoms with Crippen molar-refractivity contribution in [3.63, 3.8) is 0 Å². The van der Waals surface area contributed by atoms with Crippen LogP contribution in [0.25, 0.3) is 10.8 Å². The van der Waals surface area contributed by atoms with Gasteiger partial charge in [0.05, 0.1) is 0 Å². The van der Waals surface area contributed by atoms with Crippen LogP contribution in [0.4, 0.5) is 0 Å². The minimum atomic E-state index is 0.243. The molecule has 2 nitrogen and oxygen atoms in total. The van der Waals surface area contributed by atoms with E-state index in [1.54, 1.807) is 12.1 Å². The first kappa shape index (κ1) is 14.2. The molecule has 0 amide bonds. The van der Waals surface area contributed by atoms with Crippen LogP contribution in [0, 0.1) is 0 Å². The van der Waals surface area contributed by atoms with Gasteiger partial charge >= 0.3 is 0 Å². The van der Waals surface area contributed by atoms with Gasteiger partial charge in [-0.05, 0) is 49.8 Å². The number of rotatable bonds is 4. The molecule has 20 heavy (non-hydrogen) atoms. The van der Waals surface area contributed by atoms with Crippen LogP contribution in [-0.4, -0.2) is 10.2 Å². The molecule has 0 unspecified atom stereocenters. The van der Waals surface area contributed by atoms with E-state index >= 15 is 0 Å². The second-order valence-corrected chi connectivity index (χ2v) is 5.50. The van der Waals surface area contributed by atoms with Gasteiger partial charge in [-0.3, -0.25) is 0 Å². The maximum atomic E-state index is 10.4. The van der Waals surface area contributed by atoms with Crippen LogP contribution in [0.5, 0.6) is 11.5 Å². The van der Waals surface area contributed by atoms with Gasteiger partial charge in [0.1, 0.15) is 11.5 Å². The molecule has 0 aliphatic rings. The summed E-state index contributed by atoms with van der Waals surface area (Å²) in [6, 6.07) is 7.23. The van der Waals surface area contributed by atoms with Crippen molar-refractivity contribution in [3.05, 3.63) is 59.7 Å². The topological polar surface area (TPSA) is 40.5 Å². The van der Waals surface area contributed by atoms with Gasteiger partial charge in [-0.1, -0.05) is 36.4 Å². The van der Waals surface area contributed by atoms with Crippen LogP contribution >= 0.6 is 0 Å². The molecule has 2 aromatic rings. The van der Waals surface area contributed by atoms with Gasteiger partial charge in [-0.25, -0.2) is 0 Å². The zero-order valence-corrected chi connectivity index (χ0v) is 12.0. The standard InChI is InChI=1S/C18H20O2/c1-11(2)9-13-5-6-14-15(18(13)20)7-8-17(19)16(14)10-12(3)4/h5-8,19-20H,1,3,9-10H2,2,4H3. The number of hydrogen-bond donors (Lipinski definition) is 2. The van der Waals surface area contributed by atoms with E-state index in [0.29, 0.717) is 12.8 Å². The molecule has 2 rings (SSSR count). The van der Waals surface area contributed by atoms with Crippen LogP contribution in [0.1, 0.15) is 25.0 Å². The van der Waals surface area contributed by atoms with Crippen LogP contribution in [0.2, 0.25) is 0 Å². The Bertz CT molecular complexity index is 696. The quantitative estimate of drug-likeness (QED) is 0.802. The molecule has 0 radical (unpaired) electrons. The summed E-state index contributed by atoms with van der Waals surface area (Å²) < 4.78 is 0. The second kappa shape index (κ2) is 5.41. The second-order valence-electron chi connectivity index (χ2n) is 5.50. The minimum absolute atomic E-state index is 0.243. The molecule has 0 atom stereocenters. The van der Waals surface area contributed by atoms with Crippen molar-refractivity contribution >= 4 is 10.8 Å². The summed E-state index contributed by atoms with van der Waals surface area (Å²) in [5.74, 6) is 0.515. The van der Waals surface area contributed by atoms with Gasteiger partial charge < -0.3 is 10.2 Å². The Morgan fingerprint density at radius 1 is 0.900 bits per heavy atom. The molecule has 0 saturated carbocycles. The molecular formula is C18H20O2. The van der Waals surface area contributed by atoms with Gasteiger partial charge in [0.15, 0.2) is 0 Å². The third-order valence-corrected chi connectivity index (χ3v) is 3.31. The molecule has 0 saturated heterocycles. The fraction of sp³-hybridized carbons (Fsp3) is 0.222. The third-order valence-electron chi connectivity index (χ3n) is 3.31. The predicted octanol–water partition coefficient (Wildman–Crippen LogP) is 4.49. The monoisotopic (exact) mass is 268 g/mol. The lowest BCUT2D eigenvalue weighted by Crippen LogP contribution is -1.93. The van der Waals surface area contributed by atoms with Crippen LogP contribution in [-0.2, 0) is 12.8 Å². The van der Waals surface area contributed by atoms with Crippen LogP contribution in [0.3, 0.4) is 0 Å². The molecule has 104 valence electrons. The zero-order chi connectivity index (χ0) is 14.9. The summed E-state index contributed by atoms with van der Waals surface area (Å²) in [5.41, 5.74) is 3.64. The highest BCUT2D eigenvalue weighted by molar-refractivity contribution is 5.93. The maximum absolute atomic E-state index is 10.4. The number of fused-ring (bicyclic) bond motifs is 1. The molecule has 0 aliphatic heterocycles. The van der Waals surface area contributed by atoms with E-state index in [1.165, 1.54) is 0 Å². The Hall–Kier alpha value is -2.22. The normalized spacial score (nSPS) is 10.7. The molecule has 0 heterocycles. The molecule has 2 aromatic carbocycles. The fourth-order valence-corrected chi connectivity index (χ4v) is 2.44. The van der Waals surface area contributed by atoms with Gasteiger partial charge in [-0.15, -0.1) is 0 Å². The Morgan fingerprint density at radius 3 is 2.10 bits per heavy atom. The van der Waals surface area contributed by atoms with Crippen molar-refractivity contribution in [2.24, 2.45) is 0 Å². The predicted molar refractivity (Wildman–Crippen MR) is 84.3 cm³/mol. The van der Waals surface area contributed by atoms with E-state index in [1.807, 2.05) is 26.0 Å². The number of benzene rings is 2. The number of allylic oxidation sites excluding steroid dienone is 2. The van der Waals surface area contributed by atoms with E-state index < -0.39 is 0 Å². The lowest BCUT2D eigenvalue weighted by Gasteiger charge is -2.13. The summed E-state index contributed by atoms with van der Waals surface area (Å²) in [7, 11) is 0. The average molecular weight is 268 g/mol. The fourth-order valence-electron chi connectivity index (χ4n) is 2.44. The van der Waals surface area contributed by atoms with Crippen molar-refractivity contribution in [2.45, 2.75) is 26.7 Å². The van der Waals surface area contributed by atoms with Gasteiger partial charge in [0.2, 0.25) is 0 Å². The van der Waals surface area contributed by atoms with E-state index in [0.717, 1.165) is 33.0 Å². The van der Waals surface area contributed by atoms with Gasteiger partial charge in [0.25, 0.3) is 0 Å². The van der Waals surface area contributed by atoms with E-state index in [9.17, 15) is 10.2 Å². The summed E-state index contributed by atoms with van der Waals surface area (Å²) in [4.78, 5) is 0. The lowest BCUT2D eigenvalue weighted by atomic mass is 9.95. The van der Waals surface area contributed by atoms with Crippen molar-refractivity contribution in [3.8, 4) is 11.5 Å². The largest absolute Gasteiger partial charge is 0.508 e. The first-order valence-electron chi connectivity index (χ1n) is 6.64. The number of phenolic OH excluding ortho intramolecular Hbond substituents is 2. The summed E-state index contributed by atoms with van der Waals surface area (Å²) in [6.07, 6.45) is 1.25. The highest BCUT2D eigenvalue weighted by Gasteiger charge is 2.12. The zero-order valence-electron chi connectivity index (χ0n) is 12.0. The molecule has 0 bridgehead atoms. The number of phenols is 2.